The molecule has 51 heavy (non-hydrogen) atoms. The Labute approximate surface area is 296 Å². The summed E-state index contributed by atoms with van der Waals surface area (Å²) in [7, 11) is 8.68. The molecule has 0 amide bonds. The zero-order chi connectivity index (χ0) is 36.2. The molecular formula is C40H42O11. The van der Waals surface area contributed by atoms with Crippen LogP contribution in [0.25, 0.3) is 11.1 Å². The Hall–Kier alpha value is -5.10. The molecule has 4 aromatic rings. The number of fused-ring (bicyclic) bond motifs is 5. The molecule has 2 aliphatic rings. The van der Waals surface area contributed by atoms with E-state index in [4.69, 9.17) is 37.9 Å². The fourth-order valence-electron chi connectivity index (χ4n) is 7.30. The highest BCUT2D eigenvalue weighted by Gasteiger charge is 2.54. The molecule has 4 aromatic carbocycles. The van der Waals surface area contributed by atoms with E-state index in [9.17, 15) is 5.11 Å². The first kappa shape index (κ1) is 35.7. The minimum atomic E-state index is -1.21. The van der Waals surface area contributed by atoms with Crippen LogP contribution in [0.15, 0.2) is 72.8 Å². The van der Waals surface area contributed by atoms with Crippen LogP contribution in [0.4, 0.5) is 0 Å². The van der Waals surface area contributed by atoms with Gasteiger partial charge in [-0.3, -0.25) is 9.59 Å². The molecule has 11 nitrogen and oxygen atoms in total. The number of carbonyl (C=O) groups excluding carboxylic acids is 2. The number of aliphatic hydroxyl groups is 1. The van der Waals surface area contributed by atoms with E-state index >= 15 is 9.59 Å². The average molecular weight is 699 g/mol. The van der Waals surface area contributed by atoms with Crippen molar-refractivity contribution >= 4 is 11.6 Å². The first-order valence-electron chi connectivity index (χ1n) is 16.5. The number of ketones is 2. The Morgan fingerprint density at radius 3 is 1.43 bits per heavy atom. The van der Waals surface area contributed by atoms with Crippen LogP contribution in [0.2, 0.25) is 0 Å². The van der Waals surface area contributed by atoms with Gasteiger partial charge in [-0.15, -0.1) is 0 Å². The maximum atomic E-state index is 15.4. The van der Waals surface area contributed by atoms with Crippen molar-refractivity contribution in [2.24, 2.45) is 11.8 Å². The summed E-state index contributed by atoms with van der Waals surface area (Å²) >= 11 is 0. The number of hydrogen-bond donors (Lipinski definition) is 1. The lowest BCUT2D eigenvalue weighted by atomic mass is 9.70. The molecule has 11 heteroatoms. The van der Waals surface area contributed by atoms with E-state index in [0.717, 1.165) is 11.1 Å². The van der Waals surface area contributed by atoms with Gasteiger partial charge in [0.2, 0.25) is 11.5 Å². The number of rotatable bonds is 12. The largest absolute Gasteiger partial charge is 0.493 e. The Balaban J connectivity index is 1.66. The predicted molar refractivity (Wildman–Crippen MR) is 187 cm³/mol. The van der Waals surface area contributed by atoms with Gasteiger partial charge in [0.05, 0.1) is 86.0 Å². The van der Waals surface area contributed by atoms with E-state index in [1.807, 2.05) is 60.7 Å². The molecule has 0 aliphatic heterocycles. The fraction of sp³-hybridized carbons (Fsp3) is 0.350. The molecule has 2 bridgehead atoms. The van der Waals surface area contributed by atoms with E-state index in [0.29, 0.717) is 0 Å². The molecule has 1 N–H and O–H groups in total. The second kappa shape index (κ2) is 15.4. The monoisotopic (exact) mass is 698 g/mol. The molecule has 5 atom stereocenters. The maximum absolute atomic E-state index is 15.4. The normalized spacial score (nSPS) is 21.0. The van der Waals surface area contributed by atoms with Gasteiger partial charge < -0.3 is 43.0 Å². The van der Waals surface area contributed by atoms with Crippen LogP contribution in [0, 0.1) is 11.8 Å². The molecule has 2 aliphatic carbocycles. The highest BCUT2D eigenvalue weighted by Crippen LogP contribution is 2.56. The molecule has 0 heterocycles. The summed E-state index contributed by atoms with van der Waals surface area (Å²) in [4.78, 5) is 30.6. The van der Waals surface area contributed by atoms with E-state index in [1.165, 1.54) is 42.7 Å². The molecule has 268 valence electrons. The zero-order valence-electron chi connectivity index (χ0n) is 29.5. The summed E-state index contributed by atoms with van der Waals surface area (Å²) in [6.45, 7) is 0.214. The first-order valence-corrected chi connectivity index (χ1v) is 16.5. The van der Waals surface area contributed by atoms with Crippen molar-refractivity contribution in [3.05, 3.63) is 95.1 Å². The minimum Gasteiger partial charge on any atom is -0.493 e. The van der Waals surface area contributed by atoms with Crippen LogP contribution >= 0.6 is 0 Å². The van der Waals surface area contributed by atoms with Crippen molar-refractivity contribution in [1.82, 2.24) is 0 Å². The van der Waals surface area contributed by atoms with Gasteiger partial charge in [0.1, 0.15) is 0 Å². The third-order valence-electron chi connectivity index (χ3n) is 9.63. The van der Waals surface area contributed by atoms with Crippen LogP contribution in [0.1, 0.15) is 38.3 Å². The smallest absolute Gasteiger partial charge is 0.203 e. The van der Waals surface area contributed by atoms with E-state index in [1.54, 1.807) is 12.1 Å². The van der Waals surface area contributed by atoms with Crippen LogP contribution in [-0.2, 0) is 22.7 Å². The van der Waals surface area contributed by atoms with Gasteiger partial charge in [0, 0.05) is 22.3 Å². The number of aliphatic hydroxyl groups excluding tert-OH is 1. The van der Waals surface area contributed by atoms with Gasteiger partial charge in [0.25, 0.3) is 0 Å². The maximum Gasteiger partial charge on any atom is 0.203 e. The van der Waals surface area contributed by atoms with Gasteiger partial charge in [-0.2, -0.15) is 0 Å². The summed E-state index contributed by atoms with van der Waals surface area (Å²) in [5.41, 5.74) is 2.41. The number of benzene rings is 4. The number of carbonyl (C=O) groups is 2. The lowest BCUT2D eigenvalue weighted by molar-refractivity contribution is -0.150. The summed E-state index contributed by atoms with van der Waals surface area (Å²) in [5, 5.41) is 11.8. The molecule has 0 spiro atoms. The quantitative estimate of drug-likeness (QED) is 0.189. The van der Waals surface area contributed by atoms with Gasteiger partial charge in [-0.1, -0.05) is 60.7 Å². The second-order valence-corrected chi connectivity index (χ2v) is 12.3. The van der Waals surface area contributed by atoms with Crippen molar-refractivity contribution in [3.8, 4) is 45.6 Å². The molecule has 6 rings (SSSR count). The summed E-state index contributed by atoms with van der Waals surface area (Å²) in [6.07, 6.45) is -3.33. The molecule has 4 unspecified atom stereocenters. The van der Waals surface area contributed by atoms with Crippen LogP contribution in [0.3, 0.4) is 0 Å². The molecule has 0 aromatic heterocycles. The topological polar surface area (TPSA) is 128 Å². The van der Waals surface area contributed by atoms with Crippen LogP contribution < -0.4 is 28.4 Å². The van der Waals surface area contributed by atoms with Crippen molar-refractivity contribution in [1.29, 1.82) is 0 Å². The van der Waals surface area contributed by atoms with Crippen molar-refractivity contribution in [3.63, 3.8) is 0 Å². The average Bonchev–Trinajstić information content (AvgIpc) is 3.19. The minimum absolute atomic E-state index is 0.0439. The van der Waals surface area contributed by atoms with Crippen molar-refractivity contribution in [2.45, 2.75) is 37.9 Å². The lowest BCUT2D eigenvalue weighted by Crippen LogP contribution is -2.56. The van der Waals surface area contributed by atoms with Crippen LogP contribution in [-0.4, -0.2) is 77.6 Å². The standard InChI is InChI=1S/C40H42O11/c1-44-28-18-24-30(39(48-5)37(28)46-3)31-25(19-29(45-2)38(47-4)40(31)49-6)34(43)32-35(50-20-22-13-9-7-10-14-22)26(33(24)42)17-27(41)36(32)51-21-23-15-11-8-12-16-23/h7-16,18-19,26-27,32,35-36,41H,17,20-21H2,1-6H3/t26?,27-,32?,35?,36?/m1/s1. The van der Waals surface area contributed by atoms with Gasteiger partial charge >= 0.3 is 0 Å². The van der Waals surface area contributed by atoms with E-state index < -0.39 is 41.7 Å². The molecular weight excluding hydrogens is 656 g/mol. The predicted octanol–water partition coefficient (Wildman–Crippen LogP) is 5.95. The van der Waals surface area contributed by atoms with E-state index in [-0.39, 0.29) is 76.4 Å². The van der Waals surface area contributed by atoms with Crippen LogP contribution in [0.5, 0.6) is 34.5 Å². The number of methoxy groups -OCH3 is 6. The summed E-state index contributed by atoms with van der Waals surface area (Å²) in [5.74, 6) is -1.90. The van der Waals surface area contributed by atoms with Gasteiger partial charge in [-0.25, -0.2) is 0 Å². The number of Topliss-reactive ketones (excluding diaryl/α,β-unsaturated/α-hetero) is 2. The Morgan fingerprint density at radius 2 is 1.00 bits per heavy atom. The number of hydrogen-bond acceptors (Lipinski definition) is 11. The first-order chi connectivity index (χ1) is 24.8. The molecule has 1 saturated carbocycles. The van der Waals surface area contributed by atoms with Gasteiger partial charge in [0.15, 0.2) is 34.6 Å². The molecule has 0 saturated heterocycles. The third kappa shape index (κ3) is 6.48. The summed E-state index contributed by atoms with van der Waals surface area (Å²) in [6, 6.07) is 22.1. The van der Waals surface area contributed by atoms with Crippen molar-refractivity contribution < 1.29 is 52.6 Å². The zero-order valence-corrected chi connectivity index (χ0v) is 29.5. The Kier molecular flexibility index (Phi) is 10.8. The highest BCUT2D eigenvalue weighted by molar-refractivity contribution is 6.15. The second-order valence-electron chi connectivity index (χ2n) is 12.3. The Morgan fingerprint density at radius 1 is 0.569 bits per heavy atom. The third-order valence-corrected chi connectivity index (χ3v) is 9.63. The summed E-state index contributed by atoms with van der Waals surface area (Å²) < 4.78 is 47.9. The highest BCUT2D eigenvalue weighted by atomic mass is 16.5. The lowest BCUT2D eigenvalue weighted by Gasteiger charge is -2.43. The molecule has 0 radical (unpaired) electrons. The van der Waals surface area contributed by atoms with E-state index in [2.05, 4.69) is 0 Å². The Bertz CT molecular complexity index is 1880. The van der Waals surface area contributed by atoms with Crippen molar-refractivity contribution in [2.75, 3.05) is 42.7 Å². The number of ether oxygens (including phenoxy) is 8. The SMILES string of the molecule is COc1cc2c(c(OC)c1OC)-c1c(cc(OC)c(OC)c1OC)C(=O)C1C(OCc3ccccc3)C(C[C@@H](O)C1OCc1ccccc1)C2=O. The fourth-order valence-corrected chi connectivity index (χ4v) is 7.30. The molecule has 1 fully saturated rings. The van der Waals surface area contributed by atoms with Gasteiger partial charge in [-0.05, 0) is 29.7 Å².